The molecular formula is C23H15FN4O3S2. The molecule has 0 aliphatic carbocycles. The molecule has 0 fully saturated rings. The molecule has 7 nitrogen and oxygen atoms in total. The van der Waals surface area contributed by atoms with Gasteiger partial charge in [0.2, 0.25) is 0 Å². The number of carbonyl (C=O) groups excluding carboxylic acids is 1. The summed E-state index contributed by atoms with van der Waals surface area (Å²) in [5, 5.41) is 14.6. The molecule has 1 unspecified atom stereocenters. The first-order chi connectivity index (χ1) is 15.8. The Kier molecular flexibility index (Phi) is 5.15. The van der Waals surface area contributed by atoms with Crippen molar-refractivity contribution in [2.24, 2.45) is 0 Å². The Morgan fingerprint density at radius 2 is 1.97 bits per heavy atom. The summed E-state index contributed by atoms with van der Waals surface area (Å²) in [4.78, 5) is 33.8. The van der Waals surface area contributed by atoms with E-state index in [0.29, 0.717) is 10.6 Å². The average Bonchev–Trinajstić information content (AvgIpc) is 3.45. The van der Waals surface area contributed by atoms with Gasteiger partial charge in [0.1, 0.15) is 17.7 Å². The van der Waals surface area contributed by atoms with Crippen LogP contribution in [0.1, 0.15) is 21.1 Å². The van der Waals surface area contributed by atoms with Gasteiger partial charge in [0.15, 0.2) is 0 Å². The number of nitrogens with zero attached hydrogens (tertiary/aromatic N) is 4. The second kappa shape index (κ2) is 8.03. The Morgan fingerprint density at radius 3 is 2.70 bits per heavy atom. The van der Waals surface area contributed by atoms with E-state index >= 15 is 0 Å². The Labute approximate surface area is 196 Å². The number of likely N-dealkylation sites (N-methyl/N-ethyl adjacent to an activating group) is 1. The van der Waals surface area contributed by atoms with Crippen molar-refractivity contribution >= 4 is 51.0 Å². The number of carbonyl (C=O) groups is 1. The number of amides is 1. The molecule has 0 N–H and O–H groups in total. The number of thioether (sulfide) groups is 1. The monoisotopic (exact) mass is 478 g/mol. The molecular weight excluding hydrogens is 463 g/mol. The molecule has 10 heteroatoms. The van der Waals surface area contributed by atoms with Gasteiger partial charge in [0.25, 0.3) is 11.6 Å². The SMILES string of the molecule is Cc1nc(C2=C=C=C(C3N(C)c4ccc(F)cc4C(=O)N3c3ccccc3[N+](=O)[O-])S2)cs1. The fraction of sp³-hybridized carbons (Fsp3) is 0.130. The van der Waals surface area contributed by atoms with Crippen molar-refractivity contribution in [1.29, 1.82) is 0 Å². The highest BCUT2D eigenvalue weighted by Crippen LogP contribution is 2.45. The smallest absolute Gasteiger partial charge is 0.293 e. The summed E-state index contributed by atoms with van der Waals surface area (Å²) in [5.41, 5.74) is 7.50. The van der Waals surface area contributed by atoms with Crippen LogP contribution in [0.25, 0.3) is 4.91 Å². The summed E-state index contributed by atoms with van der Waals surface area (Å²) in [6.45, 7) is 1.91. The van der Waals surface area contributed by atoms with Gasteiger partial charge in [-0.05, 0) is 31.2 Å². The number of fused-ring (bicyclic) bond motifs is 1. The van der Waals surface area contributed by atoms with Crippen LogP contribution in [0, 0.1) is 22.9 Å². The van der Waals surface area contributed by atoms with E-state index in [-0.39, 0.29) is 16.9 Å². The summed E-state index contributed by atoms with van der Waals surface area (Å²) in [7, 11) is 1.76. The molecule has 1 atom stereocenters. The van der Waals surface area contributed by atoms with Crippen LogP contribution in [0.4, 0.5) is 21.5 Å². The number of para-hydroxylation sites is 2. The van der Waals surface area contributed by atoms with Crippen molar-refractivity contribution in [3.63, 3.8) is 0 Å². The highest BCUT2D eigenvalue weighted by Gasteiger charge is 2.42. The van der Waals surface area contributed by atoms with Gasteiger partial charge < -0.3 is 4.90 Å². The van der Waals surface area contributed by atoms with Crippen molar-refractivity contribution in [2.45, 2.75) is 13.1 Å². The van der Waals surface area contributed by atoms with E-state index < -0.39 is 22.8 Å². The molecule has 1 aromatic heterocycles. The van der Waals surface area contributed by atoms with E-state index in [2.05, 4.69) is 16.4 Å². The minimum absolute atomic E-state index is 0.118. The fourth-order valence-corrected chi connectivity index (χ4v) is 5.55. The van der Waals surface area contributed by atoms with Crippen molar-refractivity contribution in [2.75, 3.05) is 16.8 Å². The minimum Gasteiger partial charge on any atom is -0.349 e. The zero-order valence-electron chi connectivity index (χ0n) is 17.4. The maximum absolute atomic E-state index is 14.0. The summed E-state index contributed by atoms with van der Waals surface area (Å²) >= 11 is 2.87. The summed E-state index contributed by atoms with van der Waals surface area (Å²) in [6.07, 6.45) is -0.744. The summed E-state index contributed by atoms with van der Waals surface area (Å²) in [6, 6.07) is 10.00. The van der Waals surface area contributed by atoms with Crippen LogP contribution in [0.5, 0.6) is 0 Å². The van der Waals surface area contributed by atoms with Crippen molar-refractivity contribution in [1.82, 2.24) is 4.98 Å². The number of hydrogen-bond donors (Lipinski definition) is 0. The number of nitro benzene ring substituents is 1. The van der Waals surface area contributed by atoms with Crippen molar-refractivity contribution in [3.8, 4) is 0 Å². The Bertz CT molecular complexity index is 1440. The predicted octanol–water partition coefficient (Wildman–Crippen LogP) is 5.35. The molecule has 2 aliphatic heterocycles. The van der Waals surface area contributed by atoms with Crippen LogP contribution >= 0.6 is 23.1 Å². The lowest BCUT2D eigenvalue weighted by Gasteiger charge is -2.43. The largest absolute Gasteiger partial charge is 0.349 e. The lowest BCUT2D eigenvalue weighted by molar-refractivity contribution is -0.384. The number of hydrogen-bond acceptors (Lipinski definition) is 7. The first kappa shape index (κ1) is 21.2. The molecule has 3 aromatic rings. The van der Waals surface area contributed by atoms with Gasteiger partial charge in [-0.15, -0.1) is 11.3 Å². The van der Waals surface area contributed by atoms with E-state index in [1.165, 1.54) is 58.3 Å². The highest BCUT2D eigenvalue weighted by molar-refractivity contribution is 8.12. The molecule has 164 valence electrons. The first-order valence-corrected chi connectivity index (χ1v) is 11.5. The third kappa shape index (κ3) is 3.55. The third-order valence-electron chi connectivity index (χ3n) is 5.33. The molecule has 0 saturated carbocycles. The number of aryl methyl sites for hydroxylation is 1. The molecule has 2 aliphatic rings. The Hall–Kier alpha value is -3.68. The maximum atomic E-state index is 14.0. The number of halogens is 1. The van der Waals surface area contributed by atoms with E-state index in [0.717, 1.165) is 21.7 Å². The van der Waals surface area contributed by atoms with Gasteiger partial charge in [0, 0.05) is 18.5 Å². The van der Waals surface area contributed by atoms with Crippen molar-refractivity contribution in [3.05, 3.63) is 96.4 Å². The second-order valence-electron chi connectivity index (χ2n) is 7.36. The lowest BCUT2D eigenvalue weighted by Crippen LogP contribution is -2.55. The number of aromatic nitrogens is 1. The second-order valence-corrected chi connectivity index (χ2v) is 9.48. The molecule has 0 saturated heterocycles. The normalized spacial score (nSPS) is 17.2. The molecule has 5 rings (SSSR count). The molecule has 0 spiro atoms. The predicted molar refractivity (Wildman–Crippen MR) is 127 cm³/mol. The Balaban J connectivity index is 1.69. The molecule has 2 aromatic carbocycles. The minimum atomic E-state index is -0.744. The topological polar surface area (TPSA) is 79.6 Å². The van der Waals surface area contributed by atoms with Gasteiger partial charge in [-0.1, -0.05) is 35.4 Å². The first-order valence-electron chi connectivity index (χ1n) is 9.80. The van der Waals surface area contributed by atoms with Crippen LogP contribution in [0.2, 0.25) is 0 Å². The molecule has 3 heterocycles. The van der Waals surface area contributed by atoms with Crippen LogP contribution < -0.4 is 9.80 Å². The van der Waals surface area contributed by atoms with Gasteiger partial charge in [-0.25, -0.2) is 9.37 Å². The van der Waals surface area contributed by atoms with Crippen LogP contribution in [-0.4, -0.2) is 29.0 Å². The van der Waals surface area contributed by atoms with Gasteiger partial charge in [-0.3, -0.25) is 19.8 Å². The van der Waals surface area contributed by atoms with E-state index in [1.807, 2.05) is 12.3 Å². The lowest BCUT2D eigenvalue weighted by atomic mass is 10.0. The van der Waals surface area contributed by atoms with Gasteiger partial charge in [-0.2, -0.15) is 0 Å². The van der Waals surface area contributed by atoms with Crippen LogP contribution in [-0.2, 0) is 0 Å². The van der Waals surface area contributed by atoms with Crippen molar-refractivity contribution < 1.29 is 14.1 Å². The number of thiazole rings is 1. The quantitative estimate of drug-likeness (QED) is 0.286. The fourth-order valence-electron chi connectivity index (χ4n) is 3.87. The highest BCUT2D eigenvalue weighted by atomic mass is 32.2. The van der Waals surface area contributed by atoms with E-state index in [9.17, 15) is 19.3 Å². The molecule has 33 heavy (non-hydrogen) atoms. The third-order valence-corrected chi connectivity index (χ3v) is 7.16. The molecule has 1 amide bonds. The Morgan fingerprint density at radius 1 is 1.18 bits per heavy atom. The number of anilines is 2. The van der Waals surface area contributed by atoms with E-state index in [4.69, 9.17) is 0 Å². The average molecular weight is 479 g/mol. The van der Waals surface area contributed by atoms with Crippen LogP contribution in [0.3, 0.4) is 0 Å². The summed E-state index contributed by atoms with van der Waals surface area (Å²) in [5.74, 6) is -1.09. The van der Waals surface area contributed by atoms with Gasteiger partial charge in [0.05, 0.1) is 36.7 Å². The van der Waals surface area contributed by atoms with Gasteiger partial charge >= 0.3 is 0 Å². The molecule has 0 radical (unpaired) electrons. The maximum Gasteiger partial charge on any atom is 0.293 e. The molecule has 0 bridgehead atoms. The van der Waals surface area contributed by atoms with E-state index in [1.54, 1.807) is 18.0 Å². The van der Waals surface area contributed by atoms with Crippen LogP contribution in [0.15, 0.2) is 64.2 Å². The summed E-state index contributed by atoms with van der Waals surface area (Å²) < 4.78 is 14.0. The number of benzene rings is 2. The number of rotatable bonds is 4. The zero-order chi connectivity index (χ0) is 23.3. The standard InChI is InChI=1S/C23H15FN4O3S2/c1-13-25-16(12-32-13)20-9-10-21(33-20)22-26(2)17-8-7-14(24)11-15(17)23(29)27(22)18-5-3-4-6-19(18)28(30)31/h3-8,11-12,22H,1-2H3. The zero-order valence-corrected chi connectivity index (χ0v) is 19.0. The number of nitro groups is 1.